The highest BCUT2D eigenvalue weighted by Crippen LogP contribution is 2.19. The molecule has 2 aromatic rings. The number of aliphatic hydroxyl groups is 1. The number of benzene rings is 1. The van der Waals surface area contributed by atoms with Crippen LogP contribution in [0, 0.1) is 0 Å². The summed E-state index contributed by atoms with van der Waals surface area (Å²) in [6.45, 7) is 2.23. The first-order chi connectivity index (χ1) is 11.1. The van der Waals surface area contributed by atoms with Crippen LogP contribution in [0.2, 0.25) is 5.02 Å². The summed E-state index contributed by atoms with van der Waals surface area (Å²) in [6, 6.07) is 6.80. The minimum absolute atomic E-state index is 0.0374. The average Bonchev–Trinajstić information content (AvgIpc) is 2.96. The number of rotatable bonds is 7. The summed E-state index contributed by atoms with van der Waals surface area (Å²) >= 11 is 5.93. The molecule has 0 spiro atoms. The summed E-state index contributed by atoms with van der Waals surface area (Å²) in [6.07, 6.45) is 0.940. The molecule has 0 aliphatic rings. The van der Waals surface area contributed by atoms with Crippen molar-refractivity contribution in [2.24, 2.45) is 0 Å². The lowest BCUT2D eigenvalue weighted by molar-refractivity contribution is 0.231. The Morgan fingerprint density at radius 3 is 3.04 bits per heavy atom. The Kier molecular flexibility index (Phi) is 6.37. The predicted molar refractivity (Wildman–Crippen MR) is 86.1 cm³/mol. The number of carbonyl (C=O) groups excluding carboxylic acids is 1. The lowest BCUT2D eigenvalue weighted by atomic mass is 10.2. The zero-order chi connectivity index (χ0) is 16.7. The molecule has 0 aliphatic carbocycles. The maximum Gasteiger partial charge on any atom is 0.315 e. The summed E-state index contributed by atoms with van der Waals surface area (Å²) in [5, 5.41) is 18.7. The first-order valence-corrected chi connectivity index (χ1v) is 7.70. The number of nitrogens with one attached hydrogen (secondary N) is 2. The topological polar surface area (TPSA) is 100 Å². The molecule has 2 rings (SSSR count). The first kappa shape index (κ1) is 17.2. The van der Waals surface area contributed by atoms with Crippen molar-refractivity contribution >= 4 is 17.6 Å². The van der Waals surface area contributed by atoms with Gasteiger partial charge in [0.05, 0.1) is 0 Å². The number of halogens is 1. The highest BCUT2D eigenvalue weighted by atomic mass is 35.5. The summed E-state index contributed by atoms with van der Waals surface area (Å²) in [4.78, 5) is 15.9. The van der Waals surface area contributed by atoms with Gasteiger partial charge in [-0.15, -0.1) is 0 Å². The van der Waals surface area contributed by atoms with Gasteiger partial charge in [0.1, 0.15) is 0 Å². The van der Waals surface area contributed by atoms with Crippen LogP contribution in [0.15, 0.2) is 28.8 Å². The molecule has 0 unspecified atom stereocenters. The summed E-state index contributed by atoms with van der Waals surface area (Å²) < 4.78 is 5.15. The maximum atomic E-state index is 11.6. The molecule has 3 N–H and O–H groups in total. The molecule has 1 aromatic heterocycles. The second kappa shape index (κ2) is 8.50. The van der Waals surface area contributed by atoms with Crippen molar-refractivity contribution < 1.29 is 14.4 Å². The van der Waals surface area contributed by atoms with Gasteiger partial charge in [-0.3, -0.25) is 0 Å². The van der Waals surface area contributed by atoms with Gasteiger partial charge in [-0.2, -0.15) is 4.98 Å². The summed E-state index contributed by atoms with van der Waals surface area (Å²) in [5.41, 5.74) is 0.774. The van der Waals surface area contributed by atoms with Gasteiger partial charge in [0.2, 0.25) is 11.7 Å². The van der Waals surface area contributed by atoms with Crippen LogP contribution in [0.3, 0.4) is 0 Å². The maximum absolute atomic E-state index is 11.6. The molecule has 8 heteroatoms. The van der Waals surface area contributed by atoms with E-state index < -0.39 is 0 Å². The Morgan fingerprint density at radius 1 is 1.48 bits per heavy atom. The van der Waals surface area contributed by atoms with Gasteiger partial charge in [-0.25, -0.2) is 4.79 Å². The Bertz CT molecular complexity index is 647. The van der Waals surface area contributed by atoms with Crippen LogP contribution in [0.5, 0.6) is 0 Å². The van der Waals surface area contributed by atoms with Gasteiger partial charge in [0, 0.05) is 36.2 Å². The molecule has 0 aliphatic heterocycles. The van der Waals surface area contributed by atoms with Crippen molar-refractivity contribution in [1.82, 2.24) is 20.8 Å². The first-order valence-electron chi connectivity index (χ1n) is 7.32. The fraction of sp³-hybridized carbons (Fsp3) is 0.400. The van der Waals surface area contributed by atoms with Crippen molar-refractivity contribution in [2.45, 2.75) is 25.8 Å². The minimum atomic E-state index is -0.291. The van der Waals surface area contributed by atoms with Crippen LogP contribution in [0.4, 0.5) is 4.79 Å². The van der Waals surface area contributed by atoms with Crippen molar-refractivity contribution in [3.8, 4) is 11.4 Å². The van der Waals surface area contributed by atoms with E-state index in [1.54, 1.807) is 12.1 Å². The minimum Gasteiger partial charge on any atom is -0.396 e. The van der Waals surface area contributed by atoms with Gasteiger partial charge in [-0.1, -0.05) is 28.9 Å². The van der Waals surface area contributed by atoms with Crippen molar-refractivity contribution in [1.29, 1.82) is 0 Å². The molecule has 1 atom stereocenters. The molecule has 124 valence electrons. The highest BCUT2D eigenvalue weighted by Gasteiger charge is 2.10. The van der Waals surface area contributed by atoms with Crippen molar-refractivity contribution in [2.75, 3.05) is 13.2 Å². The summed E-state index contributed by atoms with van der Waals surface area (Å²) in [5.74, 6) is 0.896. The molecule has 0 saturated carbocycles. The molecule has 0 saturated heterocycles. The second-order valence-electron chi connectivity index (χ2n) is 5.09. The fourth-order valence-corrected chi connectivity index (χ4v) is 2.12. The molecule has 7 nitrogen and oxygen atoms in total. The highest BCUT2D eigenvalue weighted by molar-refractivity contribution is 6.30. The van der Waals surface area contributed by atoms with Crippen LogP contribution < -0.4 is 10.6 Å². The molecule has 1 aromatic carbocycles. The normalized spacial score (nSPS) is 12.0. The number of urea groups is 1. The van der Waals surface area contributed by atoms with E-state index >= 15 is 0 Å². The van der Waals surface area contributed by atoms with Gasteiger partial charge in [-0.05, 0) is 25.5 Å². The lowest BCUT2D eigenvalue weighted by Gasteiger charge is -2.12. The third-order valence-electron chi connectivity index (χ3n) is 3.11. The van der Waals surface area contributed by atoms with Crippen molar-refractivity contribution in [3.63, 3.8) is 0 Å². The van der Waals surface area contributed by atoms with E-state index in [0.717, 1.165) is 5.56 Å². The molecule has 0 fully saturated rings. The number of aliphatic hydroxyl groups excluding tert-OH is 1. The lowest BCUT2D eigenvalue weighted by Crippen LogP contribution is -2.41. The number of aromatic nitrogens is 2. The largest absolute Gasteiger partial charge is 0.396 e. The molecule has 2 amide bonds. The van der Waals surface area contributed by atoms with Gasteiger partial charge in [0.25, 0.3) is 0 Å². The Labute approximate surface area is 139 Å². The Balaban J connectivity index is 1.80. The zero-order valence-corrected chi connectivity index (χ0v) is 13.5. The molecule has 23 heavy (non-hydrogen) atoms. The standard InChI is InChI=1S/C15H19ClN4O3/c1-10(6-8-21)18-15(22)17-7-5-13-19-14(20-23-13)11-3-2-4-12(16)9-11/h2-4,9-10,21H,5-8H2,1H3,(H2,17,18,22)/t10-/m1/s1. The summed E-state index contributed by atoms with van der Waals surface area (Å²) in [7, 11) is 0. The molecular formula is C15H19ClN4O3. The molecule has 1 heterocycles. The number of amides is 2. The van der Waals surface area contributed by atoms with E-state index in [9.17, 15) is 4.79 Å². The van der Waals surface area contributed by atoms with E-state index in [1.165, 1.54) is 0 Å². The predicted octanol–water partition coefficient (Wildman–Crippen LogP) is 2.00. The van der Waals surface area contributed by atoms with Crippen molar-refractivity contribution in [3.05, 3.63) is 35.2 Å². The number of hydrogen-bond donors (Lipinski definition) is 3. The number of hydrogen-bond acceptors (Lipinski definition) is 5. The van der Waals surface area contributed by atoms with E-state index in [2.05, 4.69) is 20.8 Å². The number of carbonyl (C=O) groups is 1. The zero-order valence-electron chi connectivity index (χ0n) is 12.8. The Morgan fingerprint density at radius 2 is 2.30 bits per heavy atom. The average molecular weight is 339 g/mol. The van der Waals surface area contributed by atoms with E-state index in [0.29, 0.717) is 36.1 Å². The van der Waals surface area contributed by atoms with E-state index in [4.69, 9.17) is 21.2 Å². The Hall–Kier alpha value is -2.12. The number of nitrogens with zero attached hydrogens (tertiary/aromatic N) is 2. The van der Waals surface area contributed by atoms with Crippen LogP contribution in [-0.4, -0.2) is 40.5 Å². The fourth-order valence-electron chi connectivity index (χ4n) is 1.92. The van der Waals surface area contributed by atoms with Gasteiger partial charge in [0.15, 0.2) is 0 Å². The third-order valence-corrected chi connectivity index (χ3v) is 3.35. The molecule has 0 radical (unpaired) electrons. The monoisotopic (exact) mass is 338 g/mol. The van der Waals surface area contributed by atoms with Crippen LogP contribution in [0.25, 0.3) is 11.4 Å². The van der Waals surface area contributed by atoms with Crippen LogP contribution in [0.1, 0.15) is 19.2 Å². The van der Waals surface area contributed by atoms with Crippen LogP contribution in [-0.2, 0) is 6.42 Å². The molecular weight excluding hydrogens is 320 g/mol. The quantitative estimate of drug-likeness (QED) is 0.717. The van der Waals surface area contributed by atoms with Gasteiger partial charge >= 0.3 is 6.03 Å². The SMILES string of the molecule is C[C@H](CCO)NC(=O)NCCc1nc(-c2cccc(Cl)c2)no1. The van der Waals surface area contributed by atoms with Crippen LogP contribution >= 0.6 is 11.6 Å². The second-order valence-corrected chi connectivity index (χ2v) is 5.52. The van der Waals surface area contributed by atoms with E-state index in [-0.39, 0.29) is 18.7 Å². The molecule has 0 bridgehead atoms. The van der Waals surface area contributed by atoms with Gasteiger partial charge < -0.3 is 20.3 Å². The third kappa shape index (κ3) is 5.54. The smallest absolute Gasteiger partial charge is 0.315 e. The van der Waals surface area contributed by atoms with E-state index in [1.807, 2.05) is 19.1 Å².